The summed E-state index contributed by atoms with van der Waals surface area (Å²) in [4.78, 5) is 2.64. The second-order valence-corrected chi connectivity index (χ2v) is 6.39. The highest BCUT2D eigenvalue weighted by molar-refractivity contribution is 5.20. The molecule has 3 unspecified atom stereocenters. The highest BCUT2D eigenvalue weighted by Crippen LogP contribution is 2.27. The van der Waals surface area contributed by atoms with E-state index in [-0.39, 0.29) is 0 Å². The van der Waals surface area contributed by atoms with Crippen LogP contribution in [-0.2, 0) is 4.74 Å². The van der Waals surface area contributed by atoms with Crippen LogP contribution in [0.3, 0.4) is 0 Å². The molecule has 1 fully saturated rings. The third-order valence-corrected chi connectivity index (χ3v) is 4.29. The molecule has 118 valence electrons. The van der Waals surface area contributed by atoms with Crippen molar-refractivity contribution in [1.29, 1.82) is 0 Å². The summed E-state index contributed by atoms with van der Waals surface area (Å²) in [7, 11) is 0. The van der Waals surface area contributed by atoms with Gasteiger partial charge in [-0.05, 0) is 18.9 Å². The Morgan fingerprint density at radius 3 is 2.62 bits per heavy atom. The van der Waals surface area contributed by atoms with Gasteiger partial charge in [-0.3, -0.25) is 4.90 Å². The van der Waals surface area contributed by atoms with E-state index in [2.05, 4.69) is 68.2 Å². The number of hydrogen-bond donors (Lipinski definition) is 1. The van der Waals surface area contributed by atoms with Crippen molar-refractivity contribution >= 4 is 0 Å². The number of hydrogen-bond acceptors (Lipinski definition) is 3. The van der Waals surface area contributed by atoms with Gasteiger partial charge in [-0.1, -0.05) is 51.1 Å². The van der Waals surface area contributed by atoms with E-state index in [0.29, 0.717) is 24.2 Å². The predicted molar refractivity (Wildman–Crippen MR) is 88.5 cm³/mol. The first-order valence-electron chi connectivity index (χ1n) is 8.27. The average molecular weight is 290 g/mol. The van der Waals surface area contributed by atoms with Crippen LogP contribution in [0.4, 0.5) is 0 Å². The molecule has 3 atom stereocenters. The lowest BCUT2D eigenvalue weighted by atomic mass is 10.00. The summed E-state index contributed by atoms with van der Waals surface area (Å²) < 4.78 is 5.86. The normalized spacial score (nSPS) is 25.2. The van der Waals surface area contributed by atoms with E-state index < -0.39 is 0 Å². The molecular weight excluding hydrogens is 260 g/mol. The molecule has 1 heterocycles. The number of ether oxygens (including phenoxy) is 1. The lowest BCUT2D eigenvalue weighted by Gasteiger charge is -2.43. The maximum Gasteiger partial charge on any atom is 0.0675 e. The fourth-order valence-electron chi connectivity index (χ4n) is 3.05. The Kier molecular flexibility index (Phi) is 6.22. The first kappa shape index (κ1) is 16.5. The zero-order valence-electron chi connectivity index (χ0n) is 13.9. The summed E-state index contributed by atoms with van der Waals surface area (Å²) in [5.41, 5.74) is 1.40. The van der Waals surface area contributed by atoms with E-state index in [1.165, 1.54) is 5.56 Å². The second-order valence-electron chi connectivity index (χ2n) is 6.39. The molecule has 1 aromatic carbocycles. The minimum absolute atomic E-state index is 0.318. The number of nitrogens with zero attached hydrogens (tertiary/aromatic N) is 1. The van der Waals surface area contributed by atoms with Crippen LogP contribution >= 0.6 is 0 Å². The molecule has 1 N–H and O–H groups in total. The standard InChI is InChI=1S/C18H30N2O/c1-5-17-13-21-15(4)12-20(17)18(11-19-14(2)3)16-9-7-6-8-10-16/h6-10,14-15,17-19H,5,11-13H2,1-4H3. The molecule has 1 aliphatic rings. The summed E-state index contributed by atoms with van der Waals surface area (Å²) in [6.45, 7) is 11.7. The van der Waals surface area contributed by atoms with Gasteiger partial charge in [-0.2, -0.15) is 0 Å². The van der Waals surface area contributed by atoms with Crippen LogP contribution in [0.1, 0.15) is 45.7 Å². The quantitative estimate of drug-likeness (QED) is 0.870. The smallest absolute Gasteiger partial charge is 0.0675 e. The maximum absolute atomic E-state index is 5.86. The Morgan fingerprint density at radius 1 is 1.29 bits per heavy atom. The van der Waals surface area contributed by atoms with Crippen molar-refractivity contribution in [3.63, 3.8) is 0 Å². The topological polar surface area (TPSA) is 24.5 Å². The van der Waals surface area contributed by atoms with Crippen LogP contribution in [0.2, 0.25) is 0 Å². The molecule has 1 saturated heterocycles. The van der Waals surface area contributed by atoms with Gasteiger partial charge in [0.25, 0.3) is 0 Å². The molecule has 1 aromatic rings. The van der Waals surface area contributed by atoms with E-state index in [4.69, 9.17) is 4.74 Å². The second kappa shape index (κ2) is 7.92. The molecule has 0 spiro atoms. The van der Waals surface area contributed by atoms with Crippen molar-refractivity contribution in [3.05, 3.63) is 35.9 Å². The summed E-state index contributed by atoms with van der Waals surface area (Å²) in [5.74, 6) is 0. The average Bonchev–Trinajstić information content (AvgIpc) is 2.48. The molecule has 0 aromatic heterocycles. The molecule has 3 nitrogen and oxygen atoms in total. The van der Waals surface area contributed by atoms with Crippen molar-refractivity contribution in [2.24, 2.45) is 0 Å². The molecule has 0 aliphatic carbocycles. The largest absolute Gasteiger partial charge is 0.376 e. The van der Waals surface area contributed by atoms with Crippen LogP contribution in [-0.4, -0.2) is 42.8 Å². The lowest BCUT2D eigenvalue weighted by Crippen LogP contribution is -2.52. The molecule has 0 radical (unpaired) electrons. The van der Waals surface area contributed by atoms with E-state index in [1.807, 2.05) is 0 Å². The first-order valence-corrected chi connectivity index (χ1v) is 8.27. The van der Waals surface area contributed by atoms with Crippen molar-refractivity contribution in [2.45, 2.75) is 58.3 Å². The van der Waals surface area contributed by atoms with Gasteiger partial charge in [0.05, 0.1) is 12.7 Å². The molecule has 0 saturated carbocycles. The predicted octanol–water partition coefficient (Wildman–Crippen LogP) is 3.23. The first-order chi connectivity index (χ1) is 10.1. The van der Waals surface area contributed by atoms with E-state index in [9.17, 15) is 0 Å². The Hall–Kier alpha value is -0.900. The van der Waals surface area contributed by atoms with Crippen LogP contribution in [0.25, 0.3) is 0 Å². The molecule has 21 heavy (non-hydrogen) atoms. The van der Waals surface area contributed by atoms with Crippen molar-refractivity contribution < 1.29 is 4.74 Å². The molecular formula is C18H30N2O. The van der Waals surface area contributed by atoms with Gasteiger partial charge in [0.2, 0.25) is 0 Å². The number of nitrogens with one attached hydrogen (secondary N) is 1. The van der Waals surface area contributed by atoms with Crippen molar-refractivity contribution in [3.8, 4) is 0 Å². The van der Waals surface area contributed by atoms with Crippen molar-refractivity contribution in [1.82, 2.24) is 10.2 Å². The van der Waals surface area contributed by atoms with Crippen LogP contribution in [0.15, 0.2) is 30.3 Å². The lowest BCUT2D eigenvalue weighted by molar-refractivity contribution is -0.0731. The minimum atomic E-state index is 0.318. The van der Waals surface area contributed by atoms with Gasteiger partial charge in [0, 0.05) is 31.2 Å². The Bertz CT molecular complexity index is 407. The minimum Gasteiger partial charge on any atom is -0.376 e. The summed E-state index contributed by atoms with van der Waals surface area (Å²) in [6, 6.07) is 12.3. The molecule has 3 heteroatoms. The van der Waals surface area contributed by atoms with E-state index in [0.717, 1.165) is 26.1 Å². The van der Waals surface area contributed by atoms with Gasteiger partial charge < -0.3 is 10.1 Å². The number of rotatable bonds is 6. The Morgan fingerprint density at radius 2 is 2.00 bits per heavy atom. The maximum atomic E-state index is 5.86. The van der Waals surface area contributed by atoms with Gasteiger partial charge >= 0.3 is 0 Å². The SMILES string of the molecule is CCC1COC(C)CN1C(CNC(C)C)c1ccccc1. The highest BCUT2D eigenvalue weighted by atomic mass is 16.5. The summed E-state index contributed by atoms with van der Waals surface area (Å²) in [6.07, 6.45) is 1.45. The monoisotopic (exact) mass is 290 g/mol. The van der Waals surface area contributed by atoms with Gasteiger partial charge in [0.1, 0.15) is 0 Å². The summed E-state index contributed by atoms with van der Waals surface area (Å²) in [5, 5.41) is 3.62. The Balaban J connectivity index is 2.20. The van der Waals surface area contributed by atoms with Crippen LogP contribution in [0.5, 0.6) is 0 Å². The van der Waals surface area contributed by atoms with Crippen LogP contribution < -0.4 is 5.32 Å². The highest BCUT2D eigenvalue weighted by Gasteiger charge is 2.31. The molecule has 0 bridgehead atoms. The third kappa shape index (κ3) is 4.53. The van der Waals surface area contributed by atoms with Gasteiger partial charge in [-0.25, -0.2) is 0 Å². The van der Waals surface area contributed by atoms with Gasteiger partial charge in [0.15, 0.2) is 0 Å². The Labute approximate surface area is 129 Å². The summed E-state index contributed by atoms with van der Waals surface area (Å²) >= 11 is 0. The zero-order valence-corrected chi connectivity index (χ0v) is 13.9. The number of benzene rings is 1. The third-order valence-electron chi connectivity index (χ3n) is 4.29. The van der Waals surface area contributed by atoms with E-state index in [1.54, 1.807) is 0 Å². The van der Waals surface area contributed by atoms with Crippen LogP contribution in [0, 0.1) is 0 Å². The molecule has 2 rings (SSSR count). The van der Waals surface area contributed by atoms with Gasteiger partial charge in [-0.15, -0.1) is 0 Å². The number of morpholine rings is 1. The van der Waals surface area contributed by atoms with E-state index >= 15 is 0 Å². The molecule has 1 aliphatic heterocycles. The van der Waals surface area contributed by atoms with Crippen molar-refractivity contribution in [2.75, 3.05) is 19.7 Å². The molecule has 0 amide bonds. The fraction of sp³-hybridized carbons (Fsp3) is 0.667. The zero-order chi connectivity index (χ0) is 15.2. The fourth-order valence-corrected chi connectivity index (χ4v) is 3.05.